The predicted molar refractivity (Wildman–Crippen MR) is 74.1 cm³/mol. The Kier molecular flexibility index (Phi) is 2.89. The lowest BCUT2D eigenvalue weighted by molar-refractivity contribution is -0.121. The summed E-state index contributed by atoms with van der Waals surface area (Å²) in [6.07, 6.45) is 5.14. The highest BCUT2D eigenvalue weighted by molar-refractivity contribution is 5.82. The van der Waals surface area contributed by atoms with Gasteiger partial charge in [-0.3, -0.25) is 4.79 Å². The number of rotatable bonds is 1. The van der Waals surface area contributed by atoms with Gasteiger partial charge in [0.15, 0.2) is 0 Å². The van der Waals surface area contributed by atoms with Gasteiger partial charge in [0.25, 0.3) is 0 Å². The first-order valence-corrected chi connectivity index (χ1v) is 7.02. The molecule has 2 bridgehead atoms. The van der Waals surface area contributed by atoms with Crippen LogP contribution in [0.3, 0.4) is 0 Å². The highest BCUT2D eigenvalue weighted by Crippen LogP contribution is 2.36. The summed E-state index contributed by atoms with van der Waals surface area (Å²) in [5.74, 6) is 0.463. The molecule has 2 heterocycles. The van der Waals surface area contributed by atoms with Crippen LogP contribution in [0.15, 0.2) is 18.2 Å². The average Bonchev–Trinajstić information content (AvgIpc) is 2.32. The molecular weight excluding hydrogens is 222 g/mol. The van der Waals surface area contributed by atoms with Crippen LogP contribution in [0.2, 0.25) is 0 Å². The Morgan fingerprint density at radius 3 is 2.33 bits per heavy atom. The monoisotopic (exact) mass is 243 g/mol. The van der Waals surface area contributed by atoms with Gasteiger partial charge in [-0.1, -0.05) is 6.07 Å². The second-order valence-corrected chi connectivity index (χ2v) is 5.86. The highest BCUT2D eigenvalue weighted by atomic mass is 16.1. The van der Waals surface area contributed by atoms with Gasteiger partial charge in [0.1, 0.15) is 5.78 Å². The Balaban J connectivity index is 1.95. The SMILES string of the molecule is Cc1ccc(N2C3CCCC2CC(=O)C3)cc1C. The van der Waals surface area contributed by atoms with Crippen molar-refractivity contribution in [2.24, 2.45) is 0 Å². The molecule has 2 heteroatoms. The van der Waals surface area contributed by atoms with E-state index in [9.17, 15) is 4.79 Å². The van der Waals surface area contributed by atoms with E-state index in [4.69, 9.17) is 0 Å². The molecule has 2 unspecified atom stereocenters. The van der Waals surface area contributed by atoms with Crippen molar-refractivity contribution >= 4 is 11.5 Å². The minimum absolute atomic E-state index is 0.451. The molecule has 0 aromatic heterocycles. The average molecular weight is 243 g/mol. The van der Waals surface area contributed by atoms with Gasteiger partial charge in [0.2, 0.25) is 0 Å². The largest absolute Gasteiger partial charge is 0.365 e. The highest BCUT2D eigenvalue weighted by Gasteiger charge is 2.37. The van der Waals surface area contributed by atoms with E-state index >= 15 is 0 Å². The maximum absolute atomic E-state index is 11.7. The summed E-state index contributed by atoms with van der Waals surface area (Å²) in [7, 11) is 0. The van der Waals surface area contributed by atoms with E-state index in [0.717, 1.165) is 12.8 Å². The summed E-state index contributed by atoms with van der Waals surface area (Å²) in [6, 6.07) is 7.62. The Bertz CT molecular complexity index is 464. The minimum atomic E-state index is 0.451. The third-order valence-corrected chi connectivity index (χ3v) is 4.58. The van der Waals surface area contributed by atoms with Crippen molar-refractivity contribution in [3.63, 3.8) is 0 Å². The van der Waals surface area contributed by atoms with Gasteiger partial charge in [0, 0.05) is 30.6 Å². The van der Waals surface area contributed by atoms with Crippen LogP contribution in [0.5, 0.6) is 0 Å². The molecule has 0 saturated carbocycles. The molecule has 1 aromatic rings. The van der Waals surface area contributed by atoms with Crippen molar-refractivity contribution in [2.75, 3.05) is 4.90 Å². The fourth-order valence-corrected chi connectivity index (χ4v) is 3.48. The topological polar surface area (TPSA) is 20.3 Å². The Morgan fingerprint density at radius 2 is 1.72 bits per heavy atom. The number of hydrogen-bond acceptors (Lipinski definition) is 2. The molecule has 3 rings (SSSR count). The molecule has 0 amide bonds. The number of hydrogen-bond donors (Lipinski definition) is 0. The van der Waals surface area contributed by atoms with E-state index in [1.165, 1.54) is 36.1 Å². The van der Waals surface area contributed by atoms with Crippen molar-refractivity contribution < 1.29 is 4.79 Å². The van der Waals surface area contributed by atoms with Crippen LogP contribution in [0.25, 0.3) is 0 Å². The van der Waals surface area contributed by atoms with Gasteiger partial charge in [0.05, 0.1) is 0 Å². The van der Waals surface area contributed by atoms with E-state index in [1.807, 2.05) is 0 Å². The van der Waals surface area contributed by atoms with Crippen LogP contribution < -0.4 is 4.90 Å². The number of Topliss-reactive ketones (excluding diaryl/α,β-unsaturated/α-hetero) is 1. The summed E-state index contributed by atoms with van der Waals surface area (Å²) < 4.78 is 0. The normalized spacial score (nSPS) is 27.4. The lowest BCUT2D eigenvalue weighted by atomic mass is 9.83. The second kappa shape index (κ2) is 4.42. The fourth-order valence-electron chi connectivity index (χ4n) is 3.48. The van der Waals surface area contributed by atoms with Crippen LogP contribution in [0.1, 0.15) is 43.2 Å². The zero-order chi connectivity index (χ0) is 12.7. The molecule has 96 valence electrons. The number of nitrogens with zero attached hydrogens (tertiary/aromatic N) is 1. The Morgan fingerprint density at radius 1 is 1.06 bits per heavy atom. The van der Waals surface area contributed by atoms with Crippen molar-refractivity contribution in [1.29, 1.82) is 0 Å². The molecule has 0 spiro atoms. The van der Waals surface area contributed by atoms with Crippen LogP contribution >= 0.6 is 0 Å². The number of piperidine rings is 2. The smallest absolute Gasteiger partial charge is 0.137 e. The van der Waals surface area contributed by atoms with Gasteiger partial charge in [-0.2, -0.15) is 0 Å². The molecule has 18 heavy (non-hydrogen) atoms. The van der Waals surface area contributed by atoms with Gasteiger partial charge in [-0.05, 0) is 56.4 Å². The zero-order valence-corrected chi connectivity index (χ0v) is 11.3. The molecule has 2 aliphatic rings. The van der Waals surface area contributed by atoms with Crippen LogP contribution in [-0.2, 0) is 4.79 Å². The van der Waals surface area contributed by atoms with Crippen molar-refractivity contribution in [1.82, 2.24) is 0 Å². The van der Waals surface area contributed by atoms with Crippen LogP contribution in [-0.4, -0.2) is 17.9 Å². The van der Waals surface area contributed by atoms with Gasteiger partial charge in [-0.25, -0.2) is 0 Å². The molecule has 2 saturated heterocycles. The Labute approximate surface area is 109 Å². The van der Waals surface area contributed by atoms with Gasteiger partial charge < -0.3 is 4.90 Å². The number of fused-ring (bicyclic) bond motifs is 2. The van der Waals surface area contributed by atoms with E-state index in [0.29, 0.717) is 17.9 Å². The molecular formula is C16H21NO. The number of carbonyl (C=O) groups excluding carboxylic acids is 1. The number of benzene rings is 1. The molecule has 2 aliphatic heterocycles. The summed E-state index contributed by atoms with van der Waals surface area (Å²) in [6.45, 7) is 4.32. The molecule has 2 nitrogen and oxygen atoms in total. The third-order valence-electron chi connectivity index (χ3n) is 4.58. The summed E-state index contributed by atoms with van der Waals surface area (Å²) in [4.78, 5) is 14.3. The van der Waals surface area contributed by atoms with E-state index in [2.05, 4.69) is 36.9 Å². The first-order valence-electron chi connectivity index (χ1n) is 7.02. The standard InChI is InChI=1S/C16H21NO/c1-11-6-7-15(8-12(11)2)17-13-4-3-5-14(17)10-16(18)9-13/h6-8,13-14H,3-5,9-10H2,1-2H3. The summed E-state index contributed by atoms with van der Waals surface area (Å²) in [5, 5.41) is 0. The molecule has 0 radical (unpaired) electrons. The van der Waals surface area contributed by atoms with Gasteiger partial charge >= 0.3 is 0 Å². The number of carbonyl (C=O) groups is 1. The van der Waals surface area contributed by atoms with E-state index < -0.39 is 0 Å². The lowest BCUT2D eigenvalue weighted by Crippen LogP contribution is -2.52. The molecule has 0 aliphatic carbocycles. The van der Waals surface area contributed by atoms with E-state index in [-0.39, 0.29) is 0 Å². The Hall–Kier alpha value is -1.31. The number of aryl methyl sites for hydroxylation is 2. The van der Waals surface area contributed by atoms with E-state index in [1.54, 1.807) is 0 Å². The van der Waals surface area contributed by atoms with Crippen LogP contribution in [0.4, 0.5) is 5.69 Å². The van der Waals surface area contributed by atoms with Crippen molar-refractivity contribution in [2.45, 2.75) is 58.0 Å². The fraction of sp³-hybridized carbons (Fsp3) is 0.562. The first-order chi connectivity index (χ1) is 8.65. The second-order valence-electron chi connectivity index (χ2n) is 5.86. The quantitative estimate of drug-likeness (QED) is 0.753. The lowest BCUT2D eigenvalue weighted by Gasteiger charge is -2.47. The van der Waals surface area contributed by atoms with Gasteiger partial charge in [-0.15, -0.1) is 0 Å². The third kappa shape index (κ3) is 1.94. The summed E-state index contributed by atoms with van der Waals surface area (Å²) >= 11 is 0. The zero-order valence-electron chi connectivity index (χ0n) is 11.3. The number of anilines is 1. The first kappa shape index (κ1) is 11.8. The molecule has 0 N–H and O–H groups in total. The maximum atomic E-state index is 11.7. The van der Waals surface area contributed by atoms with Crippen LogP contribution in [0, 0.1) is 13.8 Å². The minimum Gasteiger partial charge on any atom is -0.365 e. The molecule has 2 fully saturated rings. The molecule has 1 aromatic carbocycles. The predicted octanol–water partition coefficient (Wildman–Crippen LogP) is 3.39. The van der Waals surface area contributed by atoms with Crippen molar-refractivity contribution in [3.05, 3.63) is 29.3 Å². The number of ketones is 1. The molecule has 2 atom stereocenters. The summed E-state index contributed by atoms with van der Waals surface area (Å²) in [5.41, 5.74) is 4.01. The van der Waals surface area contributed by atoms with Crippen molar-refractivity contribution in [3.8, 4) is 0 Å². The maximum Gasteiger partial charge on any atom is 0.137 e.